The zero-order chi connectivity index (χ0) is 25.8. The largest absolute Gasteiger partial charge is 0.493 e. The Hall–Kier alpha value is -3.17. The van der Waals surface area contributed by atoms with E-state index in [1.807, 2.05) is 59.3 Å². The van der Waals surface area contributed by atoms with Gasteiger partial charge in [-0.1, -0.05) is 43.3 Å². The topological polar surface area (TPSA) is 78.2 Å². The molecule has 0 fully saturated rings. The Morgan fingerprint density at radius 2 is 1.81 bits per heavy atom. The highest BCUT2D eigenvalue weighted by molar-refractivity contribution is 5.47. The molecule has 1 atom stereocenters. The fourth-order valence-electron chi connectivity index (χ4n) is 3.89. The Morgan fingerprint density at radius 3 is 2.47 bits per heavy atom. The Morgan fingerprint density at radius 1 is 1.08 bits per heavy atom. The van der Waals surface area contributed by atoms with Gasteiger partial charge in [0.15, 0.2) is 11.5 Å². The molecule has 0 saturated heterocycles. The molecule has 3 rings (SSSR count). The highest BCUT2D eigenvalue weighted by atomic mass is 16.5. The molecular weight excluding hydrogens is 458 g/mol. The van der Waals surface area contributed by atoms with E-state index in [1.54, 1.807) is 20.3 Å². The number of ether oxygens (including phenoxy) is 4. The number of methoxy groups -OCH3 is 2. The van der Waals surface area contributed by atoms with Crippen molar-refractivity contribution in [2.24, 2.45) is 0 Å². The van der Waals surface area contributed by atoms with Gasteiger partial charge < -0.3 is 24.1 Å². The SMILES string of the molecule is C=CCOCC(O)CN(CCOC)Cc1c(CC)nn(-c2ccccc2)c1Oc1ccccc1OC. The molecule has 1 heterocycles. The first kappa shape index (κ1) is 27.4. The van der Waals surface area contributed by atoms with Gasteiger partial charge in [-0.15, -0.1) is 6.58 Å². The third-order valence-electron chi connectivity index (χ3n) is 5.64. The predicted molar refractivity (Wildman–Crippen MR) is 140 cm³/mol. The summed E-state index contributed by atoms with van der Waals surface area (Å²) in [6.07, 6.45) is 1.73. The number of hydrogen-bond acceptors (Lipinski definition) is 7. The molecule has 2 aromatic carbocycles. The number of aliphatic hydroxyl groups is 1. The Labute approximate surface area is 213 Å². The van der Waals surface area contributed by atoms with E-state index in [-0.39, 0.29) is 6.61 Å². The summed E-state index contributed by atoms with van der Waals surface area (Å²) < 4.78 is 24.7. The second-order valence-corrected chi connectivity index (χ2v) is 8.29. The number of rotatable bonds is 16. The van der Waals surface area contributed by atoms with Gasteiger partial charge in [-0.3, -0.25) is 4.90 Å². The van der Waals surface area contributed by atoms with Crippen molar-refractivity contribution < 1.29 is 24.1 Å². The second-order valence-electron chi connectivity index (χ2n) is 8.29. The normalized spacial score (nSPS) is 12.0. The van der Waals surface area contributed by atoms with Crippen LogP contribution >= 0.6 is 0 Å². The fourth-order valence-corrected chi connectivity index (χ4v) is 3.89. The minimum absolute atomic E-state index is 0.226. The van der Waals surface area contributed by atoms with Crippen molar-refractivity contribution in [3.8, 4) is 23.1 Å². The van der Waals surface area contributed by atoms with E-state index in [0.29, 0.717) is 50.2 Å². The molecule has 0 saturated carbocycles. The van der Waals surface area contributed by atoms with E-state index in [2.05, 4.69) is 18.4 Å². The van der Waals surface area contributed by atoms with Crippen LogP contribution in [0.25, 0.3) is 5.69 Å². The van der Waals surface area contributed by atoms with Gasteiger partial charge >= 0.3 is 0 Å². The molecule has 0 aliphatic heterocycles. The lowest BCUT2D eigenvalue weighted by Gasteiger charge is -2.25. The van der Waals surface area contributed by atoms with Gasteiger partial charge in [0.25, 0.3) is 0 Å². The van der Waals surface area contributed by atoms with Crippen LogP contribution < -0.4 is 9.47 Å². The van der Waals surface area contributed by atoms with Crippen LogP contribution in [0.5, 0.6) is 17.4 Å². The maximum absolute atomic E-state index is 10.6. The summed E-state index contributed by atoms with van der Waals surface area (Å²) in [7, 11) is 3.29. The molecule has 3 aromatic rings. The van der Waals surface area contributed by atoms with E-state index >= 15 is 0 Å². The zero-order valence-corrected chi connectivity index (χ0v) is 21.4. The number of benzene rings is 2. The number of aryl methyl sites for hydroxylation is 1. The van der Waals surface area contributed by atoms with Gasteiger partial charge in [0.2, 0.25) is 5.88 Å². The number of aliphatic hydroxyl groups excluding tert-OH is 1. The van der Waals surface area contributed by atoms with Crippen LogP contribution in [0.15, 0.2) is 67.3 Å². The minimum Gasteiger partial charge on any atom is -0.493 e. The molecule has 36 heavy (non-hydrogen) atoms. The first-order valence-corrected chi connectivity index (χ1v) is 12.2. The zero-order valence-electron chi connectivity index (χ0n) is 21.4. The molecule has 0 aliphatic rings. The van der Waals surface area contributed by atoms with Crippen LogP contribution in [0.1, 0.15) is 18.2 Å². The fraction of sp³-hybridized carbons (Fsp3) is 0.393. The Kier molecular flexibility index (Phi) is 11.0. The van der Waals surface area contributed by atoms with Crippen molar-refractivity contribution in [1.29, 1.82) is 0 Å². The van der Waals surface area contributed by atoms with Crippen LogP contribution in [0.4, 0.5) is 0 Å². The van der Waals surface area contributed by atoms with Crippen LogP contribution in [0.2, 0.25) is 0 Å². The Bertz CT molecular complexity index is 1070. The number of para-hydroxylation sites is 3. The summed E-state index contributed by atoms with van der Waals surface area (Å²) in [6, 6.07) is 17.5. The summed E-state index contributed by atoms with van der Waals surface area (Å²) in [5.74, 6) is 1.85. The first-order valence-electron chi connectivity index (χ1n) is 12.2. The molecular formula is C28H37N3O5. The summed E-state index contributed by atoms with van der Waals surface area (Å²) >= 11 is 0. The van der Waals surface area contributed by atoms with E-state index in [9.17, 15) is 5.11 Å². The maximum atomic E-state index is 10.6. The van der Waals surface area contributed by atoms with Crippen molar-refractivity contribution in [3.05, 3.63) is 78.5 Å². The van der Waals surface area contributed by atoms with E-state index in [1.165, 1.54) is 0 Å². The average Bonchev–Trinajstić information content (AvgIpc) is 3.25. The molecule has 1 aromatic heterocycles. The van der Waals surface area contributed by atoms with Crippen LogP contribution in [-0.4, -0.2) is 73.0 Å². The number of hydrogen-bond donors (Lipinski definition) is 1. The second kappa shape index (κ2) is 14.4. The molecule has 0 radical (unpaired) electrons. The lowest BCUT2D eigenvalue weighted by atomic mass is 10.1. The number of nitrogens with zero attached hydrogens (tertiary/aromatic N) is 3. The van der Waals surface area contributed by atoms with Crippen LogP contribution in [0.3, 0.4) is 0 Å². The third kappa shape index (κ3) is 7.41. The predicted octanol–water partition coefficient (Wildman–Crippen LogP) is 4.25. The van der Waals surface area contributed by atoms with E-state index in [4.69, 9.17) is 24.0 Å². The molecule has 0 amide bonds. The van der Waals surface area contributed by atoms with Gasteiger partial charge in [-0.2, -0.15) is 5.10 Å². The lowest BCUT2D eigenvalue weighted by Crippen LogP contribution is -2.36. The molecule has 0 spiro atoms. The third-order valence-corrected chi connectivity index (χ3v) is 5.64. The molecule has 8 heteroatoms. The standard InChI is InChI=1S/C28H37N3O5/c1-5-17-35-21-23(32)19-30(16-18-33-3)20-24-25(6-2)29-31(22-12-8-7-9-13-22)28(24)36-27-15-11-10-14-26(27)34-4/h5,7-15,23,32H,1,6,16-21H2,2-4H3. The van der Waals surface area contributed by atoms with Gasteiger partial charge in [0, 0.05) is 26.7 Å². The van der Waals surface area contributed by atoms with Gasteiger partial charge in [-0.25, -0.2) is 4.68 Å². The molecule has 1 N–H and O–H groups in total. The van der Waals surface area contributed by atoms with E-state index in [0.717, 1.165) is 23.4 Å². The van der Waals surface area contributed by atoms with Gasteiger partial charge in [0.05, 0.1) is 50.0 Å². The monoisotopic (exact) mass is 495 g/mol. The molecule has 8 nitrogen and oxygen atoms in total. The molecule has 0 aliphatic carbocycles. The van der Waals surface area contributed by atoms with Gasteiger partial charge in [0.1, 0.15) is 0 Å². The molecule has 194 valence electrons. The first-order chi connectivity index (χ1) is 17.6. The number of aromatic nitrogens is 2. The quantitative estimate of drug-likeness (QED) is 0.235. The van der Waals surface area contributed by atoms with Crippen molar-refractivity contribution in [1.82, 2.24) is 14.7 Å². The summed E-state index contributed by atoms with van der Waals surface area (Å²) in [5.41, 5.74) is 2.76. The molecule has 1 unspecified atom stereocenters. The maximum Gasteiger partial charge on any atom is 0.227 e. The van der Waals surface area contributed by atoms with Crippen molar-refractivity contribution in [2.75, 3.05) is 47.1 Å². The van der Waals surface area contributed by atoms with Crippen molar-refractivity contribution in [3.63, 3.8) is 0 Å². The summed E-state index contributed by atoms with van der Waals surface area (Å²) in [6.45, 7) is 8.43. The molecule has 0 bridgehead atoms. The highest BCUT2D eigenvalue weighted by Gasteiger charge is 2.24. The van der Waals surface area contributed by atoms with Crippen LogP contribution in [0, 0.1) is 0 Å². The minimum atomic E-state index is -0.658. The van der Waals surface area contributed by atoms with E-state index < -0.39 is 6.10 Å². The smallest absolute Gasteiger partial charge is 0.227 e. The van der Waals surface area contributed by atoms with Crippen LogP contribution in [-0.2, 0) is 22.4 Å². The Balaban J connectivity index is 2.00. The lowest BCUT2D eigenvalue weighted by molar-refractivity contribution is 0.0192. The summed E-state index contributed by atoms with van der Waals surface area (Å²) in [5, 5.41) is 15.5. The van der Waals surface area contributed by atoms with Crippen molar-refractivity contribution in [2.45, 2.75) is 26.0 Å². The average molecular weight is 496 g/mol. The van der Waals surface area contributed by atoms with Gasteiger partial charge in [-0.05, 0) is 30.7 Å². The van der Waals surface area contributed by atoms with Crippen molar-refractivity contribution >= 4 is 0 Å². The highest BCUT2D eigenvalue weighted by Crippen LogP contribution is 2.36. The summed E-state index contributed by atoms with van der Waals surface area (Å²) in [4.78, 5) is 2.13.